The summed E-state index contributed by atoms with van der Waals surface area (Å²) in [5.41, 5.74) is 7.18. The van der Waals surface area contributed by atoms with Gasteiger partial charge in [-0.3, -0.25) is 0 Å². The van der Waals surface area contributed by atoms with Crippen LogP contribution >= 0.6 is 22.7 Å². The predicted molar refractivity (Wildman–Crippen MR) is 196 cm³/mol. The van der Waals surface area contributed by atoms with Gasteiger partial charge in [-0.25, -0.2) is 9.97 Å². The lowest BCUT2D eigenvalue weighted by Gasteiger charge is -2.12. The number of thiophene rings is 2. The lowest BCUT2D eigenvalue weighted by molar-refractivity contribution is 1.18. The maximum Gasteiger partial charge on any atom is 0.127 e. The molecule has 0 N–H and O–H groups in total. The lowest BCUT2D eigenvalue weighted by atomic mass is 10.0. The summed E-state index contributed by atoms with van der Waals surface area (Å²) in [6, 6.07) is 44.1. The molecule has 6 aromatic carbocycles. The number of hydrogen-bond donors (Lipinski definition) is 0. The molecule has 11 rings (SSSR count). The van der Waals surface area contributed by atoms with Crippen molar-refractivity contribution in [3.05, 3.63) is 134 Å². The molecule has 0 saturated carbocycles. The van der Waals surface area contributed by atoms with Crippen molar-refractivity contribution in [2.24, 2.45) is 0 Å². The monoisotopic (exact) mass is 622 g/mol. The molecule has 214 valence electrons. The van der Waals surface area contributed by atoms with Crippen LogP contribution in [-0.4, -0.2) is 19.1 Å². The summed E-state index contributed by atoms with van der Waals surface area (Å²) in [6.45, 7) is 0. The molecule has 0 aliphatic carbocycles. The molecule has 11 aromatic rings. The number of nitrogens with zero attached hydrogens (tertiary/aromatic N) is 4. The summed E-state index contributed by atoms with van der Waals surface area (Å²) in [7, 11) is 0. The van der Waals surface area contributed by atoms with Crippen LogP contribution in [0.4, 0.5) is 0 Å². The Balaban J connectivity index is 1.48. The van der Waals surface area contributed by atoms with Crippen LogP contribution in [0.2, 0.25) is 0 Å². The topological polar surface area (TPSA) is 35.6 Å². The van der Waals surface area contributed by atoms with Crippen LogP contribution in [0, 0.1) is 0 Å². The number of aromatic nitrogens is 4. The van der Waals surface area contributed by atoms with E-state index in [1.807, 2.05) is 17.5 Å². The van der Waals surface area contributed by atoms with Crippen molar-refractivity contribution in [3.8, 4) is 11.4 Å². The highest BCUT2D eigenvalue weighted by Crippen LogP contribution is 2.51. The highest BCUT2D eigenvalue weighted by molar-refractivity contribution is 7.27. The van der Waals surface area contributed by atoms with Gasteiger partial charge < -0.3 is 9.13 Å². The van der Waals surface area contributed by atoms with Crippen molar-refractivity contribution in [1.82, 2.24) is 19.1 Å². The van der Waals surface area contributed by atoms with Crippen LogP contribution in [0.25, 0.3) is 95.5 Å². The van der Waals surface area contributed by atoms with Crippen LogP contribution in [0.3, 0.4) is 0 Å². The second-order valence-electron chi connectivity index (χ2n) is 11.8. The molecular weight excluding hydrogens is 601 g/mol. The van der Waals surface area contributed by atoms with Crippen LogP contribution in [-0.2, 0) is 0 Å². The van der Waals surface area contributed by atoms with Gasteiger partial charge in [-0.05, 0) is 36.4 Å². The molecule has 6 heteroatoms. The van der Waals surface area contributed by atoms with E-state index in [9.17, 15) is 0 Å². The molecule has 5 aromatic heterocycles. The fourth-order valence-corrected chi connectivity index (χ4v) is 10.1. The highest BCUT2D eigenvalue weighted by atomic mass is 32.1. The smallest absolute Gasteiger partial charge is 0.127 e. The largest absolute Gasteiger partial charge is 0.309 e. The number of hydrogen-bond acceptors (Lipinski definition) is 4. The normalized spacial score (nSPS) is 12.3. The first kappa shape index (κ1) is 24.7. The Bertz CT molecular complexity index is 3030. The number of para-hydroxylation sites is 3. The molecule has 0 unspecified atom stereocenters. The average Bonchev–Trinajstić information content (AvgIpc) is 3.86. The Kier molecular flexibility index (Phi) is 4.84. The fourth-order valence-electron chi connectivity index (χ4n) is 7.68. The first-order valence-corrected chi connectivity index (χ1v) is 17.0. The molecule has 46 heavy (non-hydrogen) atoms. The van der Waals surface area contributed by atoms with Gasteiger partial charge in [0.05, 0.1) is 37.2 Å². The Morgan fingerprint density at radius 3 is 2.02 bits per heavy atom. The van der Waals surface area contributed by atoms with Crippen molar-refractivity contribution in [2.75, 3.05) is 0 Å². The van der Waals surface area contributed by atoms with Crippen molar-refractivity contribution in [2.45, 2.75) is 0 Å². The van der Waals surface area contributed by atoms with Gasteiger partial charge in [-0.15, -0.1) is 22.7 Å². The molecular formula is C40H22N4S2. The SMILES string of the molecule is c1ccc(-n2c3ccccc3c3c4c5cncnc5sc4c4c(c5ccccc5n4-c4cccc5c4sc4ccccc45)c32)cc1. The summed E-state index contributed by atoms with van der Waals surface area (Å²) in [4.78, 5) is 10.4. The van der Waals surface area contributed by atoms with Gasteiger partial charge in [0.25, 0.3) is 0 Å². The molecule has 0 atom stereocenters. The number of fused-ring (bicyclic) bond motifs is 15. The first-order valence-electron chi connectivity index (χ1n) is 15.3. The van der Waals surface area contributed by atoms with E-state index in [1.165, 1.54) is 79.6 Å². The fraction of sp³-hybridized carbons (Fsp3) is 0. The third kappa shape index (κ3) is 3.07. The standard InChI is InChI=1S/C40H22N4S2/c1-2-11-23(12-3-1)43-29-17-7-4-14-26(29)33-34-28-21-41-22-42-40(28)46-39(34)37-35(36(33)43)27-15-5-8-18-30(27)44(37)31-19-10-16-25-24-13-6-9-20-32(24)45-38(25)31/h1-22H. The van der Waals surface area contributed by atoms with Gasteiger partial charge in [-0.2, -0.15) is 0 Å². The van der Waals surface area contributed by atoms with E-state index >= 15 is 0 Å². The zero-order chi connectivity index (χ0) is 29.9. The van der Waals surface area contributed by atoms with Crippen LogP contribution in [0.15, 0.2) is 134 Å². The van der Waals surface area contributed by atoms with E-state index in [-0.39, 0.29) is 0 Å². The summed E-state index contributed by atoms with van der Waals surface area (Å²) < 4.78 is 8.84. The maximum atomic E-state index is 4.81. The van der Waals surface area contributed by atoms with E-state index in [0.29, 0.717) is 0 Å². The van der Waals surface area contributed by atoms with Gasteiger partial charge in [0.15, 0.2) is 0 Å². The molecule has 4 nitrogen and oxygen atoms in total. The minimum absolute atomic E-state index is 1.01. The van der Waals surface area contributed by atoms with Crippen molar-refractivity contribution >= 4 is 107 Å². The molecule has 0 radical (unpaired) electrons. The summed E-state index contributed by atoms with van der Waals surface area (Å²) in [5, 5.41) is 9.91. The van der Waals surface area contributed by atoms with Gasteiger partial charge in [-0.1, -0.05) is 84.9 Å². The minimum Gasteiger partial charge on any atom is -0.309 e. The Labute approximate surface area is 270 Å². The van der Waals surface area contributed by atoms with E-state index in [2.05, 4.69) is 135 Å². The van der Waals surface area contributed by atoms with Gasteiger partial charge in [0, 0.05) is 59.7 Å². The van der Waals surface area contributed by atoms with Crippen molar-refractivity contribution < 1.29 is 0 Å². The zero-order valence-electron chi connectivity index (χ0n) is 24.3. The van der Waals surface area contributed by atoms with Gasteiger partial charge >= 0.3 is 0 Å². The number of benzene rings is 6. The van der Waals surface area contributed by atoms with Crippen LogP contribution in [0.5, 0.6) is 0 Å². The maximum absolute atomic E-state index is 4.81. The van der Waals surface area contributed by atoms with Crippen LogP contribution in [0.1, 0.15) is 0 Å². The third-order valence-electron chi connectivity index (χ3n) is 9.46. The molecule has 0 fully saturated rings. The van der Waals surface area contributed by atoms with Crippen molar-refractivity contribution in [1.29, 1.82) is 0 Å². The highest BCUT2D eigenvalue weighted by Gasteiger charge is 2.27. The minimum atomic E-state index is 1.01. The van der Waals surface area contributed by atoms with E-state index in [0.717, 1.165) is 15.9 Å². The third-order valence-corrected chi connectivity index (χ3v) is 11.8. The van der Waals surface area contributed by atoms with Gasteiger partial charge in [0.2, 0.25) is 0 Å². The molecule has 0 bridgehead atoms. The van der Waals surface area contributed by atoms with E-state index < -0.39 is 0 Å². The summed E-state index contributed by atoms with van der Waals surface area (Å²) in [6.07, 6.45) is 3.67. The van der Waals surface area contributed by atoms with Crippen molar-refractivity contribution in [3.63, 3.8) is 0 Å². The molecule has 0 amide bonds. The molecule has 0 aliphatic rings. The predicted octanol–water partition coefficient (Wildman–Crippen LogP) is 11.4. The molecule has 0 saturated heterocycles. The Morgan fingerprint density at radius 1 is 0.478 bits per heavy atom. The van der Waals surface area contributed by atoms with E-state index in [4.69, 9.17) is 4.98 Å². The second-order valence-corrected chi connectivity index (χ2v) is 13.8. The second kappa shape index (κ2) is 9.01. The van der Waals surface area contributed by atoms with Crippen LogP contribution < -0.4 is 0 Å². The quantitative estimate of drug-likeness (QED) is 0.192. The molecule has 0 spiro atoms. The first-order chi connectivity index (χ1) is 22.9. The average molecular weight is 623 g/mol. The molecule has 5 heterocycles. The lowest BCUT2D eigenvalue weighted by Crippen LogP contribution is -1.96. The Morgan fingerprint density at radius 2 is 1.17 bits per heavy atom. The molecule has 0 aliphatic heterocycles. The summed E-state index contributed by atoms with van der Waals surface area (Å²) in [5.74, 6) is 0. The zero-order valence-corrected chi connectivity index (χ0v) is 25.9. The van der Waals surface area contributed by atoms with Gasteiger partial charge in [0.1, 0.15) is 11.2 Å². The number of rotatable bonds is 2. The van der Waals surface area contributed by atoms with E-state index in [1.54, 1.807) is 17.7 Å². The summed E-state index contributed by atoms with van der Waals surface area (Å²) >= 11 is 3.65. The Hall–Kier alpha value is -5.56.